The third-order valence-electron chi connectivity index (χ3n) is 3.80. The maximum Gasteiger partial charge on any atom is 0.265 e. The van der Waals surface area contributed by atoms with E-state index in [1.165, 1.54) is 16.9 Å². The molecule has 0 fully saturated rings. The van der Waals surface area contributed by atoms with Gasteiger partial charge in [0.05, 0.1) is 4.88 Å². The monoisotopic (exact) mass is 328 g/mol. The van der Waals surface area contributed by atoms with Gasteiger partial charge in [0.15, 0.2) is 0 Å². The first-order valence-electron chi connectivity index (χ1n) is 7.56. The largest absolute Gasteiger partial charge is 0.461 e. The average molecular weight is 328 g/mol. The first-order valence-corrected chi connectivity index (χ1v) is 8.44. The zero-order chi connectivity index (χ0) is 16.4. The van der Waals surface area contributed by atoms with E-state index in [0.29, 0.717) is 4.88 Å². The lowest BCUT2D eigenvalue weighted by atomic mass is 10.1. The highest BCUT2D eigenvalue weighted by Gasteiger charge is 2.13. The third-order valence-corrected chi connectivity index (χ3v) is 4.67. The molecular weight excluding hydrogens is 308 g/mol. The number of nitrogens with one attached hydrogen (secondary N) is 1. The van der Waals surface area contributed by atoms with Crippen LogP contribution in [0, 0.1) is 6.92 Å². The Hall–Kier alpha value is -2.11. The average Bonchev–Trinajstić information content (AvgIpc) is 3.12. The van der Waals surface area contributed by atoms with Gasteiger partial charge in [-0.2, -0.15) is 0 Å². The van der Waals surface area contributed by atoms with Crippen molar-refractivity contribution in [3.05, 3.63) is 51.9 Å². The maximum absolute atomic E-state index is 12.2. The quantitative estimate of drug-likeness (QED) is 0.765. The van der Waals surface area contributed by atoms with Crippen LogP contribution >= 0.6 is 11.3 Å². The van der Waals surface area contributed by atoms with Gasteiger partial charge in [0, 0.05) is 23.2 Å². The fourth-order valence-corrected chi connectivity index (χ4v) is 3.21. The fourth-order valence-electron chi connectivity index (χ4n) is 2.60. The van der Waals surface area contributed by atoms with Crippen LogP contribution in [0.25, 0.3) is 11.0 Å². The Morgan fingerprint density at radius 2 is 2.13 bits per heavy atom. The van der Waals surface area contributed by atoms with Crippen molar-refractivity contribution in [2.75, 3.05) is 26.0 Å². The van der Waals surface area contributed by atoms with E-state index in [1.54, 1.807) is 0 Å². The van der Waals surface area contributed by atoms with E-state index in [9.17, 15) is 4.79 Å². The van der Waals surface area contributed by atoms with Crippen molar-refractivity contribution in [2.24, 2.45) is 0 Å². The lowest BCUT2D eigenvalue weighted by Gasteiger charge is -2.09. The Labute approximate surface area is 139 Å². The molecule has 1 N–H and O–H groups in total. The Balaban J connectivity index is 1.88. The molecule has 1 aromatic carbocycles. The smallest absolute Gasteiger partial charge is 0.265 e. The Morgan fingerprint density at radius 3 is 2.83 bits per heavy atom. The molecular formula is C18H20N2O2S. The number of rotatable bonds is 5. The number of amides is 1. The third kappa shape index (κ3) is 3.46. The Kier molecular flexibility index (Phi) is 4.50. The second kappa shape index (κ2) is 6.56. The fraction of sp³-hybridized carbons (Fsp3) is 0.278. The molecule has 0 bridgehead atoms. The van der Waals surface area contributed by atoms with Crippen LogP contribution in [0.3, 0.4) is 0 Å². The van der Waals surface area contributed by atoms with Gasteiger partial charge in [-0.05, 0) is 57.1 Å². The molecule has 120 valence electrons. The molecule has 0 atom stereocenters. The zero-order valence-electron chi connectivity index (χ0n) is 13.6. The van der Waals surface area contributed by atoms with Gasteiger partial charge in [0.1, 0.15) is 11.3 Å². The molecule has 0 saturated heterocycles. The summed E-state index contributed by atoms with van der Waals surface area (Å²) in [6, 6.07) is 9.50. The van der Waals surface area contributed by atoms with Crippen molar-refractivity contribution < 1.29 is 9.21 Å². The van der Waals surface area contributed by atoms with Gasteiger partial charge in [0.25, 0.3) is 5.91 Å². The van der Waals surface area contributed by atoms with Crippen LogP contribution in [0.4, 0.5) is 5.69 Å². The summed E-state index contributed by atoms with van der Waals surface area (Å²) < 4.78 is 5.83. The first kappa shape index (κ1) is 15.8. The normalized spacial score (nSPS) is 11.3. The Morgan fingerprint density at radius 1 is 1.30 bits per heavy atom. The molecule has 5 heteroatoms. The summed E-state index contributed by atoms with van der Waals surface area (Å²) in [5.74, 6) is 0.873. The van der Waals surface area contributed by atoms with E-state index in [-0.39, 0.29) is 5.91 Å². The van der Waals surface area contributed by atoms with E-state index < -0.39 is 0 Å². The molecule has 0 aliphatic heterocycles. The summed E-state index contributed by atoms with van der Waals surface area (Å²) in [7, 11) is 4.12. The molecule has 3 rings (SSSR count). The minimum Gasteiger partial charge on any atom is -0.461 e. The molecule has 0 spiro atoms. The number of hydrogen-bond acceptors (Lipinski definition) is 4. The van der Waals surface area contributed by atoms with Crippen LogP contribution in [0.5, 0.6) is 0 Å². The van der Waals surface area contributed by atoms with Crippen LogP contribution in [0.15, 0.2) is 40.1 Å². The molecule has 0 saturated carbocycles. The molecule has 0 unspecified atom stereocenters. The van der Waals surface area contributed by atoms with Gasteiger partial charge in [-0.3, -0.25) is 4.79 Å². The summed E-state index contributed by atoms with van der Waals surface area (Å²) in [5, 5.41) is 5.93. The van der Waals surface area contributed by atoms with E-state index in [1.807, 2.05) is 42.6 Å². The predicted octanol–water partition coefficient (Wildman–Crippen LogP) is 4.16. The van der Waals surface area contributed by atoms with Crippen LogP contribution in [0.1, 0.15) is 21.0 Å². The number of carbonyl (C=O) groups is 1. The minimum absolute atomic E-state index is 0.0746. The number of carbonyl (C=O) groups excluding carboxylic acids is 1. The van der Waals surface area contributed by atoms with Crippen LogP contribution < -0.4 is 5.32 Å². The van der Waals surface area contributed by atoms with Gasteiger partial charge >= 0.3 is 0 Å². The summed E-state index contributed by atoms with van der Waals surface area (Å²) in [5.41, 5.74) is 2.87. The molecule has 0 aliphatic rings. The number of furan rings is 1. The highest BCUT2D eigenvalue weighted by atomic mass is 32.1. The lowest BCUT2D eigenvalue weighted by molar-refractivity contribution is 0.103. The van der Waals surface area contributed by atoms with Crippen LogP contribution in [-0.2, 0) is 6.42 Å². The zero-order valence-corrected chi connectivity index (χ0v) is 14.4. The number of aryl methyl sites for hydroxylation is 1. The lowest BCUT2D eigenvalue weighted by Crippen LogP contribution is -2.15. The summed E-state index contributed by atoms with van der Waals surface area (Å²) in [6.07, 6.45) is 0.925. The highest BCUT2D eigenvalue weighted by Crippen LogP contribution is 2.29. The predicted molar refractivity (Wildman–Crippen MR) is 95.5 cm³/mol. The van der Waals surface area contributed by atoms with Gasteiger partial charge in [0.2, 0.25) is 0 Å². The van der Waals surface area contributed by atoms with Crippen molar-refractivity contribution in [3.63, 3.8) is 0 Å². The maximum atomic E-state index is 12.2. The van der Waals surface area contributed by atoms with Crippen LogP contribution in [-0.4, -0.2) is 31.4 Å². The first-order chi connectivity index (χ1) is 11.0. The molecule has 3 aromatic rings. The SMILES string of the molecule is Cc1oc2ccc(NC(=O)c3cccs3)cc2c1CCN(C)C. The van der Waals surface area contributed by atoms with Crippen molar-refractivity contribution in [2.45, 2.75) is 13.3 Å². The van der Waals surface area contributed by atoms with E-state index >= 15 is 0 Å². The second-order valence-corrected chi connectivity index (χ2v) is 6.78. The van der Waals surface area contributed by atoms with E-state index in [4.69, 9.17) is 4.42 Å². The molecule has 1 amide bonds. The molecule has 2 aromatic heterocycles. The van der Waals surface area contributed by atoms with Gasteiger partial charge < -0.3 is 14.6 Å². The van der Waals surface area contributed by atoms with Crippen molar-refractivity contribution in [1.29, 1.82) is 0 Å². The van der Waals surface area contributed by atoms with Crippen molar-refractivity contribution in [3.8, 4) is 0 Å². The second-order valence-electron chi connectivity index (χ2n) is 5.83. The molecule has 0 radical (unpaired) electrons. The Bertz CT molecular complexity index is 819. The molecule has 2 heterocycles. The van der Waals surface area contributed by atoms with Gasteiger partial charge in [-0.15, -0.1) is 11.3 Å². The topological polar surface area (TPSA) is 45.5 Å². The van der Waals surface area contributed by atoms with Crippen molar-refractivity contribution in [1.82, 2.24) is 4.90 Å². The minimum atomic E-state index is -0.0746. The number of hydrogen-bond donors (Lipinski definition) is 1. The highest BCUT2D eigenvalue weighted by molar-refractivity contribution is 7.12. The van der Waals surface area contributed by atoms with E-state index in [0.717, 1.165) is 35.4 Å². The number of benzene rings is 1. The molecule has 4 nitrogen and oxygen atoms in total. The summed E-state index contributed by atoms with van der Waals surface area (Å²) >= 11 is 1.44. The van der Waals surface area contributed by atoms with Crippen molar-refractivity contribution >= 4 is 33.9 Å². The molecule has 0 aliphatic carbocycles. The van der Waals surface area contributed by atoms with E-state index in [2.05, 4.69) is 24.3 Å². The van der Waals surface area contributed by atoms with Gasteiger partial charge in [-0.1, -0.05) is 6.07 Å². The summed E-state index contributed by atoms with van der Waals surface area (Å²) in [6.45, 7) is 2.95. The summed E-state index contributed by atoms with van der Waals surface area (Å²) in [4.78, 5) is 15.0. The number of likely N-dealkylation sites (N-methyl/N-ethyl adjacent to an activating group) is 1. The number of thiophene rings is 1. The van der Waals surface area contributed by atoms with Crippen LogP contribution in [0.2, 0.25) is 0 Å². The standard InChI is InChI=1S/C18H20N2O2S/c1-12-14(8-9-20(2)3)15-11-13(6-7-16(15)22-12)19-18(21)17-5-4-10-23-17/h4-7,10-11H,8-9H2,1-3H3,(H,19,21). The number of anilines is 1. The number of nitrogens with zero attached hydrogens (tertiary/aromatic N) is 1. The molecule has 23 heavy (non-hydrogen) atoms. The van der Waals surface area contributed by atoms with Gasteiger partial charge in [-0.25, -0.2) is 0 Å². The number of fused-ring (bicyclic) bond motifs is 1.